The Kier molecular flexibility index (Phi) is 4.38. The summed E-state index contributed by atoms with van der Waals surface area (Å²) in [6.45, 7) is 8.88. The first-order chi connectivity index (χ1) is 13.9. The second kappa shape index (κ2) is 6.72. The number of hydrogen-bond acceptors (Lipinski definition) is 2. The summed E-state index contributed by atoms with van der Waals surface area (Å²) in [6.07, 6.45) is 3.60. The standard InChI is InChI=1S/C26H32N2O/c1-18-22-11-7-8-12-23(22)28(16-21-17-29-21)24(18)19-13-14-26(27,25(2,3)15-19)20-9-5-4-6-10-20/h4-12,19,21H,13-17,27H2,1-3H3. The largest absolute Gasteiger partial charge is 0.371 e. The van der Waals surface area contributed by atoms with Crippen LogP contribution in [0.5, 0.6) is 0 Å². The third kappa shape index (κ3) is 3.03. The molecule has 0 bridgehead atoms. The van der Waals surface area contributed by atoms with E-state index in [2.05, 4.69) is 79.9 Å². The maximum atomic E-state index is 7.11. The van der Waals surface area contributed by atoms with E-state index in [4.69, 9.17) is 10.5 Å². The van der Waals surface area contributed by atoms with E-state index >= 15 is 0 Å². The van der Waals surface area contributed by atoms with Crippen LogP contribution >= 0.6 is 0 Å². The highest BCUT2D eigenvalue weighted by Crippen LogP contribution is 2.54. The molecule has 3 atom stereocenters. The summed E-state index contributed by atoms with van der Waals surface area (Å²) < 4.78 is 8.15. The van der Waals surface area contributed by atoms with Gasteiger partial charge in [0.15, 0.2) is 0 Å². The van der Waals surface area contributed by atoms with E-state index in [1.165, 1.54) is 27.7 Å². The summed E-state index contributed by atoms with van der Waals surface area (Å²) in [4.78, 5) is 0. The number of aromatic nitrogens is 1. The number of benzene rings is 2. The molecule has 3 nitrogen and oxygen atoms in total. The van der Waals surface area contributed by atoms with E-state index in [1.807, 2.05) is 0 Å². The van der Waals surface area contributed by atoms with Crippen molar-refractivity contribution < 1.29 is 4.74 Å². The summed E-state index contributed by atoms with van der Waals surface area (Å²) in [5.74, 6) is 0.525. The number of nitrogens with two attached hydrogens (primary N) is 1. The van der Waals surface area contributed by atoms with Crippen molar-refractivity contribution in [1.29, 1.82) is 0 Å². The van der Waals surface area contributed by atoms with Crippen LogP contribution in [0.15, 0.2) is 54.6 Å². The molecule has 1 aliphatic heterocycles. The van der Waals surface area contributed by atoms with E-state index in [-0.39, 0.29) is 11.0 Å². The van der Waals surface area contributed by atoms with Crippen LogP contribution < -0.4 is 5.73 Å². The van der Waals surface area contributed by atoms with Crippen LogP contribution in [0.3, 0.4) is 0 Å². The summed E-state index contributed by atoms with van der Waals surface area (Å²) in [7, 11) is 0. The molecule has 2 heterocycles. The van der Waals surface area contributed by atoms with Crippen molar-refractivity contribution in [3.05, 3.63) is 71.4 Å². The summed E-state index contributed by atoms with van der Waals surface area (Å²) in [5.41, 5.74) is 12.4. The first-order valence-corrected chi connectivity index (χ1v) is 10.9. The zero-order valence-electron chi connectivity index (χ0n) is 17.8. The number of aryl methyl sites for hydroxylation is 1. The first-order valence-electron chi connectivity index (χ1n) is 10.9. The van der Waals surface area contributed by atoms with Gasteiger partial charge in [-0.2, -0.15) is 0 Å². The Morgan fingerprint density at radius 1 is 1.07 bits per heavy atom. The lowest BCUT2D eigenvalue weighted by Crippen LogP contribution is -2.53. The second-order valence-electron chi connectivity index (χ2n) is 9.75. The normalized spacial score (nSPS) is 28.6. The number of nitrogens with zero attached hydrogens (tertiary/aromatic N) is 1. The van der Waals surface area contributed by atoms with Crippen LogP contribution in [0, 0.1) is 12.3 Å². The van der Waals surface area contributed by atoms with Gasteiger partial charge in [0.25, 0.3) is 0 Å². The van der Waals surface area contributed by atoms with Gasteiger partial charge < -0.3 is 15.0 Å². The quantitative estimate of drug-likeness (QED) is 0.600. The third-order valence-corrected chi connectivity index (χ3v) is 7.59. The SMILES string of the molecule is Cc1c(C2CCC(N)(c3ccccc3)C(C)(C)C2)n(CC2CO2)c2ccccc12. The lowest BCUT2D eigenvalue weighted by atomic mass is 9.57. The monoisotopic (exact) mass is 388 g/mol. The first kappa shape index (κ1) is 18.9. The van der Waals surface area contributed by atoms with Crippen molar-refractivity contribution in [2.45, 2.75) is 64.1 Å². The highest BCUT2D eigenvalue weighted by molar-refractivity contribution is 5.85. The zero-order valence-corrected chi connectivity index (χ0v) is 17.8. The Hall–Kier alpha value is -2.10. The molecule has 2 N–H and O–H groups in total. The van der Waals surface area contributed by atoms with Crippen molar-refractivity contribution in [2.75, 3.05) is 6.61 Å². The molecule has 1 aliphatic carbocycles. The Labute approximate surface area is 173 Å². The van der Waals surface area contributed by atoms with Crippen molar-refractivity contribution in [2.24, 2.45) is 11.1 Å². The van der Waals surface area contributed by atoms with Gasteiger partial charge in [-0.25, -0.2) is 0 Å². The van der Waals surface area contributed by atoms with E-state index in [0.717, 1.165) is 32.4 Å². The fraction of sp³-hybridized carbons (Fsp3) is 0.462. The van der Waals surface area contributed by atoms with Gasteiger partial charge in [-0.1, -0.05) is 62.4 Å². The molecule has 2 fully saturated rings. The van der Waals surface area contributed by atoms with Gasteiger partial charge in [-0.15, -0.1) is 0 Å². The predicted octanol–water partition coefficient (Wildman–Crippen LogP) is 5.50. The van der Waals surface area contributed by atoms with Crippen molar-refractivity contribution in [3.8, 4) is 0 Å². The molecule has 0 radical (unpaired) electrons. The molecular weight excluding hydrogens is 356 g/mol. The predicted molar refractivity (Wildman–Crippen MR) is 119 cm³/mol. The van der Waals surface area contributed by atoms with Crippen LogP contribution in [0.25, 0.3) is 10.9 Å². The molecule has 3 aromatic rings. The summed E-state index contributed by atoms with van der Waals surface area (Å²) in [5, 5.41) is 1.38. The smallest absolute Gasteiger partial charge is 0.0988 e. The number of fused-ring (bicyclic) bond motifs is 1. The van der Waals surface area contributed by atoms with Gasteiger partial charge in [0.1, 0.15) is 0 Å². The van der Waals surface area contributed by atoms with Crippen LogP contribution in [0.4, 0.5) is 0 Å². The van der Waals surface area contributed by atoms with Crippen LogP contribution in [0.1, 0.15) is 55.8 Å². The fourth-order valence-corrected chi connectivity index (χ4v) is 5.74. The van der Waals surface area contributed by atoms with E-state index in [1.54, 1.807) is 0 Å². The molecule has 2 aliphatic rings. The molecule has 29 heavy (non-hydrogen) atoms. The summed E-state index contributed by atoms with van der Waals surface area (Å²) in [6, 6.07) is 19.6. The van der Waals surface area contributed by atoms with E-state index < -0.39 is 0 Å². The minimum absolute atomic E-state index is 0.0150. The highest BCUT2D eigenvalue weighted by Gasteiger charge is 2.48. The Bertz CT molecular complexity index is 1030. The lowest BCUT2D eigenvalue weighted by molar-refractivity contribution is 0.0815. The maximum absolute atomic E-state index is 7.11. The number of ether oxygens (including phenoxy) is 1. The van der Waals surface area contributed by atoms with Crippen LogP contribution in [-0.4, -0.2) is 17.3 Å². The molecule has 1 aromatic heterocycles. The number of rotatable bonds is 4. The fourth-order valence-electron chi connectivity index (χ4n) is 5.74. The third-order valence-electron chi connectivity index (χ3n) is 7.59. The van der Waals surface area contributed by atoms with Crippen molar-refractivity contribution in [3.63, 3.8) is 0 Å². The molecule has 2 aromatic carbocycles. The van der Waals surface area contributed by atoms with Gasteiger partial charge in [0.05, 0.1) is 19.3 Å². The topological polar surface area (TPSA) is 43.5 Å². The lowest BCUT2D eigenvalue weighted by Gasteiger charge is -2.51. The van der Waals surface area contributed by atoms with Gasteiger partial charge in [0, 0.05) is 28.1 Å². The molecule has 0 amide bonds. The molecule has 1 saturated heterocycles. The second-order valence-corrected chi connectivity index (χ2v) is 9.75. The minimum atomic E-state index is -0.283. The summed E-state index contributed by atoms with van der Waals surface area (Å²) >= 11 is 0. The van der Waals surface area contributed by atoms with Crippen LogP contribution in [0.2, 0.25) is 0 Å². The van der Waals surface area contributed by atoms with Crippen LogP contribution in [-0.2, 0) is 16.8 Å². The molecule has 152 valence electrons. The minimum Gasteiger partial charge on any atom is -0.371 e. The average Bonchev–Trinajstić information content (AvgIpc) is 3.50. The van der Waals surface area contributed by atoms with Gasteiger partial charge in [0.2, 0.25) is 0 Å². The Morgan fingerprint density at radius 3 is 2.45 bits per heavy atom. The number of hydrogen-bond donors (Lipinski definition) is 1. The Balaban J connectivity index is 1.55. The van der Waals surface area contributed by atoms with Crippen molar-refractivity contribution in [1.82, 2.24) is 4.57 Å². The molecule has 3 unspecified atom stereocenters. The van der Waals surface area contributed by atoms with Gasteiger partial charge in [-0.05, 0) is 48.8 Å². The number of epoxide rings is 1. The molecule has 3 heteroatoms. The van der Waals surface area contributed by atoms with E-state index in [9.17, 15) is 0 Å². The zero-order chi connectivity index (χ0) is 20.2. The van der Waals surface area contributed by atoms with Gasteiger partial charge in [-0.3, -0.25) is 0 Å². The Morgan fingerprint density at radius 2 is 1.76 bits per heavy atom. The molecule has 0 spiro atoms. The molecule has 1 saturated carbocycles. The maximum Gasteiger partial charge on any atom is 0.0988 e. The highest BCUT2D eigenvalue weighted by atomic mass is 16.6. The van der Waals surface area contributed by atoms with Gasteiger partial charge >= 0.3 is 0 Å². The number of para-hydroxylation sites is 1. The molecular formula is C26H32N2O. The van der Waals surface area contributed by atoms with E-state index in [0.29, 0.717) is 12.0 Å². The van der Waals surface area contributed by atoms with Crippen molar-refractivity contribution >= 4 is 10.9 Å². The molecule has 5 rings (SSSR count). The average molecular weight is 389 g/mol.